The molecule has 0 fully saturated rings. The van der Waals surface area contributed by atoms with Gasteiger partial charge in [-0.1, -0.05) is 113 Å². The molecule has 10 N–H and O–H groups in total. The molecule has 0 radical (unpaired) electrons. The quantitative estimate of drug-likeness (QED) is 0.0159. The first kappa shape index (κ1) is 94.9. The number of hydrogen-bond donors (Lipinski definition) is 10. The van der Waals surface area contributed by atoms with E-state index in [9.17, 15) is 28.8 Å². The molecule has 0 aliphatic carbocycles. The van der Waals surface area contributed by atoms with Crippen LogP contribution in [0.3, 0.4) is 0 Å². The fourth-order valence-electron chi connectivity index (χ4n) is 9.33. The van der Waals surface area contributed by atoms with Gasteiger partial charge >= 0.3 is 0 Å². The Morgan fingerprint density at radius 3 is 0.762 bits per heavy atom. The zero-order chi connectivity index (χ0) is 78.0. The maximum absolute atomic E-state index is 11.9. The van der Waals surface area contributed by atoms with E-state index in [0.29, 0.717) is 73.4 Å². The van der Waals surface area contributed by atoms with Crippen molar-refractivity contribution in [1.82, 2.24) is 93.9 Å². The summed E-state index contributed by atoms with van der Waals surface area (Å²) in [6.45, 7) is 39.7. The van der Waals surface area contributed by atoms with Crippen LogP contribution in [-0.2, 0) is 38.5 Å². The van der Waals surface area contributed by atoms with Gasteiger partial charge in [0.05, 0.1) is 0 Å². The molecule has 0 spiro atoms. The van der Waals surface area contributed by atoms with Crippen LogP contribution in [0.15, 0.2) is 45.3 Å². The van der Waals surface area contributed by atoms with Crippen LogP contribution in [0.5, 0.6) is 0 Å². The summed E-state index contributed by atoms with van der Waals surface area (Å²) in [6, 6.07) is 5.06. The Morgan fingerprint density at radius 2 is 0.543 bits per heavy atom. The second kappa shape index (κ2) is 60.0. The molecule has 30 heteroatoms. The molecule has 0 aliphatic rings. The number of aryl methyl sites for hydroxylation is 6. The molecule has 6 amide bonds. The topological polar surface area (TPSA) is 385 Å². The Hall–Kier alpha value is -8.16. The summed E-state index contributed by atoms with van der Waals surface area (Å²) in [4.78, 5) is 74.5. The van der Waals surface area contributed by atoms with Gasteiger partial charge in [-0.05, 0) is 179 Å². The Labute approximate surface area is 624 Å². The first-order valence-electron chi connectivity index (χ1n) is 38.2. The molecule has 0 aromatic carbocycles. The van der Waals surface area contributed by atoms with Gasteiger partial charge in [-0.15, -0.1) is 0 Å². The predicted octanol–water partition coefficient (Wildman–Crippen LogP) is 8.97. The van der Waals surface area contributed by atoms with E-state index in [2.05, 4.69) is 122 Å². The average Bonchev–Trinajstić information content (AvgIpc) is 1.73. The molecule has 0 bridgehead atoms. The van der Waals surface area contributed by atoms with Crippen LogP contribution in [0, 0.1) is 20.8 Å². The third-order valence-corrected chi connectivity index (χ3v) is 15.8. The molecule has 6 aromatic heterocycles. The van der Waals surface area contributed by atoms with Gasteiger partial charge in [0.25, 0.3) is 35.4 Å². The van der Waals surface area contributed by atoms with E-state index >= 15 is 0 Å². The van der Waals surface area contributed by atoms with Gasteiger partial charge in [-0.25, -0.2) is 0 Å². The first-order valence-corrected chi connectivity index (χ1v) is 38.2. The molecule has 594 valence electrons. The molecule has 6 aromatic rings. The van der Waals surface area contributed by atoms with Crippen molar-refractivity contribution in [2.75, 3.05) is 133 Å². The average molecular weight is 1480 g/mol. The van der Waals surface area contributed by atoms with Crippen molar-refractivity contribution in [1.29, 1.82) is 0 Å². The van der Waals surface area contributed by atoms with Gasteiger partial charge in [0, 0.05) is 113 Å². The van der Waals surface area contributed by atoms with Gasteiger partial charge in [0.2, 0.25) is 0 Å². The van der Waals surface area contributed by atoms with Gasteiger partial charge in [0.1, 0.15) is 34.6 Å². The highest BCUT2D eigenvalue weighted by molar-refractivity contribution is 5.95. The van der Waals surface area contributed by atoms with Crippen LogP contribution in [0.2, 0.25) is 0 Å². The maximum atomic E-state index is 11.9. The van der Waals surface area contributed by atoms with Crippen LogP contribution in [0.1, 0.15) is 260 Å². The molecular formula is C75H132N18O12. The standard InChI is InChI=1S/C14H25N3O2.2C13H23N3O2.2C12H21N3O2.C11H19N3O2/c1-4-6-8-15-9-7-10-16-14(18)13-11(3)12(5-2)19-17-13;1-4-7-14-8-6-9-15-13(17)12-10(3)11(5-2)18-16-12;1-3-5-7-14-8-6-9-15-13(17)12-10-11(4-2)18-16-12;1-5-10-9(2)11(14-17-10)12(16)13-7-6-8-15(3)4;1-3-6-13-7-5-8-14-12(16)11-9-10(4-2)17-15-11;1-4-9-8-10(13-16-9)11(15)12-6-5-7-14(2)3/h15H,4-10H2,1-3H3,(H,16,18);14H,4-9H2,1-3H3,(H,15,17);10,14H,3-9H2,1-2H3,(H,15,17);5-8H2,1-4H3,(H,13,16);9,13H,3-8H2,1-2H3,(H,14,16);8H,4-7H2,1-3H3,(H,12,15). The van der Waals surface area contributed by atoms with Crippen molar-refractivity contribution in [3.8, 4) is 0 Å². The lowest BCUT2D eigenvalue weighted by molar-refractivity contribution is 0.0934. The number of nitrogens with one attached hydrogen (secondary N) is 10. The number of rotatable bonds is 46. The summed E-state index contributed by atoms with van der Waals surface area (Å²) in [7, 11) is 8.04. The normalized spacial score (nSPS) is 10.7. The molecule has 0 unspecified atom stereocenters. The minimum atomic E-state index is -0.165. The number of carbonyl (C=O) groups excluding carboxylic acids is 6. The number of nitrogens with zero attached hydrogens (tertiary/aromatic N) is 8. The number of carbonyl (C=O) groups is 6. The van der Waals surface area contributed by atoms with E-state index in [0.717, 1.165) is 207 Å². The van der Waals surface area contributed by atoms with Crippen LogP contribution >= 0.6 is 0 Å². The second-order valence-electron chi connectivity index (χ2n) is 25.4. The SMILES string of the molecule is CCCCNCCCNC(=O)c1cc(CC)on1.CCCCNCCCNC(=O)c1noc(CC)c1C.CCCNCCCNC(=O)c1cc(CC)on1.CCCNCCCNC(=O)c1noc(CC)c1C.CCc1cc(C(=O)NCCCN(C)C)no1.CCc1onc(C(=O)NCCCN(C)C)c1C. The Kier molecular flexibility index (Phi) is 54.2. The maximum Gasteiger partial charge on any atom is 0.273 e. The predicted molar refractivity (Wildman–Crippen MR) is 410 cm³/mol. The van der Waals surface area contributed by atoms with Crippen LogP contribution < -0.4 is 53.2 Å². The molecule has 0 atom stereocenters. The minimum absolute atomic E-state index is 0.144. The second-order valence-corrected chi connectivity index (χ2v) is 25.4. The fourth-order valence-corrected chi connectivity index (χ4v) is 9.33. The highest BCUT2D eigenvalue weighted by Crippen LogP contribution is 2.16. The lowest BCUT2D eigenvalue weighted by Crippen LogP contribution is -2.28. The molecule has 105 heavy (non-hydrogen) atoms. The highest BCUT2D eigenvalue weighted by atomic mass is 16.5. The monoisotopic (exact) mass is 1480 g/mol. The third-order valence-electron chi connectivity index (χ3n) is 15.8. The van der Waals surface area contributed by atoms with Crippen molar-refractivity contribution in [2.45, 2.75) is 206 Å². The summed E-state index contributed by atoms with van der Waals surface area (Å²) in [5.41, 5.74) is 4.87. The lowest BCUT2D eigenvalue weighted by Gasteiger charge is -2.09. The van der Waals surface area contributed by atoms with Gasteiger partial charge in [0.15, 0.2) is 34.2 Å². The molecule has 0 saturated heterocycles. The molecule has 0 saturated carbocycles. The highest BCUT2D eigenvalue weighted by Gasteiger charge is 2.20. The Balaban J connectivity index is 0.000000630. The van der Waals surface area contributed by atoms with E-state index in [1.54, 1.807) is 18.2 Å². The third kappa shape index (κ3) is 41.9. The van der Waals surface area contributed by atoms with Crippen molar-refractivity contribution < 1.29 is 55.9 Å². The van der Waals surface area contributed by atoms with E-state index in [1.165, 1.54) is 25.7 Å². The zero-order valence-corrected chi connectivity index (χ0v) is 66.8. The summed E-state index contributed by atoms with van der Waals surface area (Å²) < 4.78 is 30.2. The fraction of sp³-hybridized carbons (Fsp3) is 0.680. The van der Waals surface area contributed by atoms with E-state index in [1.807, 2.05) is 90.5 Å². The van der Waals surface area contributed by atoms with E-state index in [4.69, 9.17) is 27.1 Å². The number of hydrogen-bond acceptors (Lipinski definition) is 24. The van der Waals surface area contributed by atoms with Gasteiger partial charge < -0.3 is 90.1 Å². The smallest absolute Gasteiger partial charge is 0.273 e. The summed E-state index contributed by atoms with van der Waals surface area (Å²) in [5.74, 6) is 3.63. The van der Waals surface area contributed by atoms with E-state index < -0.39 is 0 Å². The summed E-state index contributed by atoms with van der Waals surface area (Å²) in [6.07, 6.45) is 17.1. The summed E-state index contributed by atoms with van der Waals surface area (Å²) in [5, 5.41) is 52.8. The molecule has 0 aliphatic heterocycles. The molecule has 6 rings (SSSR count). The summed E-state index contributed by atoms with van der Waals surface area (Å²) >= 11 is 0. The van der Waals surface area contributed by atoms with Crippen LogP contribution in [0.25, 0.3) is 0 Å². The molecular weight excluding hydrogens is 1340 g/mol. The van der Waals surface area contributed by atoms with Crippen molar-refractivity contribution in [3.63, 3.8) is 0 Å². The minimum Gasteiger partial charge on any atom is -0.361 e. The number of aromatic nitrogens is 6. The van der Waals surface area contributed by atoms with Crippen molar-refractivity contribution >= 4 is 35.4 Å². The Morgan fingerprint density at radius 1 is 0.295 bits per heavy atom. The largest absolute Gasteiger partial charge is 0.361 e. The van der Waals surface area contributed by atoms with Crippen LogP contribution in [0.4, 0.5) is 0 Å². The van der Waals surface area contributed by atoms with Crippen molar-refractivity contribution in [2.24, 2.45) is 0 Å². The number of amides is 6. The van der Waals surface area contributed by atoms with Gasteiger partial charge in [-0.3, -0.25) is 28.8 Å². The number of unbranched alkanes of at least 4 members (excludes halogenated alkanes) is 2. The molecule has 6 heterocycles. The Bertz CT molecular complexity index is 3240. The van der Waals surface area contributed by atoms with Crippen LogP contribution in [-0.4, -0.2) is 209 Å². The first-order chi connectivity index (χ1) is 50.6. The van der Waals surface area contributed by atoms with Crippen molar-refractivity contribution in [3.05, 3.63) is 104 Å². The molecule has 30 nitrogen and oxygen atoms in total. The lowest BCUT2D eigenvalue weighted by atomic mass is 10.2. The zero-order valence-electron chi connectivity index (χ0n) is 66.8. The van der Waals surface area contributed by atoms with Gasteiger partial charge in [-0.2, -0.15) is 0 Å². The van der Waals surface area contributed by atoms with E-state index in [-0.39, 0.29) is 35.4 Å².